The molecule has 0 unspecified atom stereocenters. The number of nitrogens with two attached hydrogens (primary N) is 1. The summed E-state index contributed by atoms with van der Waals surface area (Å²) in [5.41, 5.74) is 2.71. The number of ether oxygens (including phenoxy) is 1. The molecule has 0 fully saturated rings. The van der Waals surface area contributed by atoms with E-state index in [0.717, 1.165) is 10.4 Å². The standard InChI is InChI=1S/C20H21N3O5S/c1-3-4-19(24)28-23-13-18(14-5-9-16(27-2)10-6-14)20(22-23)15-7-11-17(12-8-15)29(21,25)26/h5-13H,3-4H2,1-2H3,(H2,21,25,26). The Hall–Kier alpha value is -3.17. The first-order valence-electron chi connectivity index (χ1n) is 8.90. The van der Waals surface area contributed by atoms with Crippen LogP contribution in [0.2, 0.25) is 0 Å². The second-order valence-corrected chi connectivity index (χ2v) is 7.87. The molecule has 0 aliphatic heterocycles. The van der Waals surface area contributed by atoms with Crippen LogP contribution in [0.15, 0.2) is 59.6 Å². The van der Waals surface area contributed by atoms with Gasteiger partial charge in [0.15, 0.2) is 0 Å². The highest BCUT2D eigenvalue weighted by molar-refractivity contribution is 7.89. The van der Waals surface area contributed by atoms with E-state index < -0.39 is 16.0 Å². The zero-order valence-electron chi connectivity index (χ0n) is 16.0. The van der Waals surface area contributed by atoms with Crippen LogP contribution in [-0.2, 0) is 14.8 Å². The summed E-state index contributed by atoms with van der Waals surface area (Å²) in [7, 11) is -2.22. The largest absolute Gasteiger partial charge is 0.497 e. The molecule has 0 saturated carbocycles. The Balaban J connectivity index is 2.05. The smallest absolute Gasteiger partial charge is 0.334 e. The van der Waals surface area contributed by atoms with Gasteiger partial charge >= 0.3 is 5.97 Å². The monoisotopic (exact) mass is 415 g/mol. The van der Waals surface area contributed by atoms with Gasteiger partial charge in [-0.05, 0) is 36.2 Å². The summed E-state index contributed by atoms with van der Waals surface area (Å²) < 4.78 is 28.2. The lowest BCUT2D eigenvalue weighted by molar-refractivity contribution is -0.145. The maximum absolute atomic E-state index is 11.9. The van der Waals surface area contributed by atoms with E-state index in [2.05, 4.69) is 5.10 Å². The first-order valence-corrected chi connectivity index (χ1v) is 10.4. The van der Waals surface area contributed by atoms with Crippen molar-refractivity contribution in [3.63, 3.8) is 0 Å². The third kappa shape index (κ3) is 4.82. The van der Waals surface area contributed by atoms with E-state index in [1.54, 1.807) is 25.4 Å². The number of carbonyl (C=O) groups excluding carboxylic acids is 1. The molecular weight excluding hydrogens is 394 g/mol. The highest BCUT2D eigenvalue weighted by Gasteiger charge is 2.17. The average molecular weight is 415 g/mol. The van der Waals surface area contributed by atoms with Crippen LogP contribution in [0, 0.1) is 0 Å². The van der Waals surface area contributed by atoms with E-state index in [4.69, 9.17) is 14.7 Å². The molecule has 0 amide bonds. The molecule has 2 aromatic carbocycles. The molecular formula is C20H21N3O5S. The molecule has 0 radical (unpaired) electrons. The lowest BCUT2D eigenvalue weighted by Crippen LogP contribution is -2.19. The number of aromatic nitrogens is 2. The van der Waals surface area contributed by atoms with Crippen molar-refractivity contribution in [1.82, 2.24) is 9.94 Å². The number of benzene rings is 2. The van der Waals surface area contributed by atoms with Gasteiger partial charge in [0.05, 0.1) is 18.2 Å². The van der Waals surface area contributed by atoms with Gasteiger partial charge in [-0.3, -0.25) is 0 Å². The van der Waals surface area contributed by atoms with Crippen LogP contribution < -0.4 is 14.7 Å². The van der Waals surface area contributed by atoms with Gasteiger partial charge in [0.1, 0.15) is 11.4 Å². The fraction of sp³-hybridized carbons (Fsp3) is 0.200. The number of methoxy groups -OCH3 is 1. The molecule has 8 nitrogen and oxygen atoms in total. The van der Waals surface area contributed by atoms with E-state index in [-0.39, 0.29) is 11.3 Å². The lowest BCUT2D eigenvalue weighted by Gasteiger charge is -2.05. The van der Waals surface area contributed by atoms with Crippen molar-refractivity contribution < 1.29 is 22.8 Å². The Morgan fingerprint density at radius 3 is 2.24 bits per heavy atom. The highest BCUT2D eigenvalue weighted by Crippen LogP contribution is 2.32. The maximum Gasteiger partial charge on any atom is 0.334 e. The molecule has 0 spiro atoms. The van der Waals surface area contributed by atoms with Gasteiger partial charge in [-0.25, -0.2) is 18.4 Å². The van der Waals surface area contributed by atoms with Crippen LogP contribution >= 0.6 is 0 Å². The molecule has 152 valence electrons. The van der Waals surface area contributed by atoms with Crippen LogP contribution in [0.3, 0.4) is 0 Å². The van der Waals surface area contributed by atoms with Crippen LogP contribution in [0.4, 0.5) is 0 Å². The lowest BCUT2D eigenvalue weighted by atomic mass is 10.0. The number of primary sulfonamides is 1. The third-order valence-electron chi connectivity index (χ3n) is 4.20. The quantitative estimate of drug-likeness (QED) is 0.635. The summed E-state index contributed by atoms with van der Waals surface area (Å²) in [6.07, 6.45) is 2.54. The highest BCUT2D eigenvalue weighted by atomic mass is 32.2. The molecule has 1 heterocycles. The molecule has 3 aromatic rings. The molecule has 2 N–H and O–H groups in total. The second-order valence-electron chi connectivity index (χ2n) is 6.31. The van der Waals surface area contributed by atoms with Crippen molar-refractivity contribution >= 4 is 16.0 Å². The van der Waals surface area contributed by atoms with Crippen molar-refractivity contribution in [3.05, 3.63) is 54.7 Å². The fourth-order valence-electron chi connectivity index (χ4n) is 2.75. The van der Waals surface area contributed by atoms with Gasteiger partial charge in [-0.1, -0.05) is 36.0 Å². The summed E-state index contributed by atoms with van der Waals surface area (Å²) in [6.45, 7) is 1.88. The van der Waals surface area contributed by atoms with Crippen LogP contribution in [0.1, 0.15) is 19.8 Å². The Morgan fingerprint density at radius 1 is 1.07 bits per heavy atom. The Labute approximate surface area is 168 Å². The van der Waals surface area contributed by atoms with E-state index in [0.29, 0.717) is 29.0 Å². The normalized spacial score (nSPS) is 11.3. The number of carbonyl (C=O) groups is 1. The molecule has 9 heteroatoms. The summed E-state index contributed by atoms with van der Waals surface area (Å²) in [4.78, 5) is 18.3. The average Bonchev–Trinajstić information content (AvgIpc) is 3.11. The number of hydrogen-bond acceptors (Lipinski definition) is 6. The van der Waals surface area contributed by atoms with Gasteiger partial charge < -0.3 is 9.57 Å². The second kappa shape index (κ2) is 8.46. The zero-order valence-corrected chi connectivity index (χ0v) is 16.8. The molecule has 0 aliphatic carbocycles. The first-order chi connectivity index (χ1) is 13.8. The van der Waals surface area contributed by atoms with Crippen molar-refractivity contribution in [3.8, 4) is 28.1 Å². The van der Waals surface area contributed by atoms with Crippen molar-refractivity contribution in [1.29, 1.82) is 0 Å². The Kier molecular flexibility index (Phi) is 6.00. The molecule has 0 saturated heterocycles. The predicted molar refractivity (Wildman–Crippen MR) is 108 cm³/mol. The van der Waals surface area contributed by atoms with Crippen LogP contribution in [0.25, 0.3) is 22.4 Å². The third-order valence-corrected chi connectivity index (χ3v) is 5.13. The maximum atomic E-state index is 11.9. The number of sulfonamides is 1. The summed E-state index contributed by atoms with van der Waals surface area (Å²) >= 11 is 0. The van der Waals surface area contributed by atoms with Gasteiger partial charge in [0.25, 0.3) is 0 Å². The Bertz CT molecular complexity index is 1100. The Morgan fingerprint density at radius 2 is 1.69 bits per heavy atom. The molecule has 0 aliphatic rings. The minimum atomic E-state index is -3.80. The number of rotatable bonds is 7. The van der Waals surface area contributed by atoms with E-state index in [9.17, 15) is 13.2 Å². The van der Waals surface area contributed by atoms with Crippen molar-refractivity contribution in [2.24, 2.45) is 5.14 Å². The van der Waals surface area contributed by atoms with Crippen molar-refractivity contribution in [2.75, 3.05) is 7.11 Å². The molecule has 0 atom stereocenters. The van der Waals surface area contributed by atoms with Gasteiger partial charge in [-0.15, -0.1) is 5.10 Å². The predicted octanol–water partition coefficient (Wildman–Crippen LogP) is 2.63. The van der Waals surface area contributed by atoms with Crippen LogP contribution in [-0.4, -0.2) is 31.4 Å². The molecule has 1 aromatic heterocycles. The SMILES string of the molecule is CCCC(=O)On1cc(-c2ccc(OC)cc2)c(-c2ccc(S(N)(=O)=O)cc2)n1. The number of nitrogens with zero attached hydrogens (tertiary/aromatic N) is 2. The summed E-state index contributed by atoms with van der Waals surface area (Å²) in [6, 6.07) is 13.4. The van der Waals surface area contributed by atoms with Gasteiger partial charge in [0, 0.05) is 17.5 Å². The fourth-order valence-corrected chi connectivity index (χ4v) is 3.27. The summed E-state index contributed by atoms with van der Waals surface area (Å²) in [5, 5.41) is 9.54. The first kappa shape index (κ1) is 20.6. The molecule has 29 heavy (non-hydrogen) atoms. The minimum Gasteiger partial charge on any atom is -0.497 e. The van der Waals surface area contributed by atoms with E-state index >= 15 is 0 Å². The molecule has 0 bridgehead atoms. The minimum absolute atomic E-state index is 0.000976. The number of hydrogen-bond donors (Lipinski definition) is 1. The van der Waals surface area contributed by atoms with E-state index in [1.165, 1.54) is 12.1 Å². The molecule has 3 rings (SSSR count). The zero-order chi connectivity index (χ0) is 21.0. The van der Waals surface area contributed by atoms with Crippen LogP contribution in [0.5, 0.6) is 5.75 Å². The van der Waals surface area contributed by atoms with E-state index in [1.807, 2.05) is 31.2 Å². The topological polar surface area (TPSA) is 114 Å². The van der Waals surface area contributed by atoms with Gasteiger partial charge in [-0.2, -0.15) is 0 Å². The summed E-state index contributed by atoms with van der Waals surface area (Å²) in [5.74, 6) is 0.307. The van der Waals surface area contributed by atoms with Crippen molar-refractivity contribution in [2.45, 2.75) is 24.7 Å². The van der Waals surface area contributed by atoms with Gasteiger partial charge in [0.2, 0.25) is 10.0 Å².